The Hall–Kier alpha value is -3.93. The van der Waals surface area contributed by atoms with Crippen molar-refractivity contribution in [2.45, 2.75) is 32.9 Å². The number of aryl methyl sites for hydroxylation is 2. The van der Waals surface area contributed by atoms with E-state index in [4.69, 9.17) is 4.74 Å². The number of aromatic nitrogens is 1. The second kappa shape index (κ2) is 9.28. The number of carbonyl (C=O) groups is 2. The molecule has 6 heteroatoms. The summed E-state index contributed by atoms with van der Waals surface area (Å²) in [5.41, 5.74) is 4.07. The molecule has 6 nitrogen and oxygen atoms in total. The van der Waals surface area contributed by atoms with Crippen LogP contribution in [0.4, 0.5) is 0 Å². The third kappa shape index (κ3) is 4.24. The first kappa shape index (κ1) is 22.3. The normalized spacial score (nSPS) is 17.4. The lowest BCUT2D eigenvalue weighted by Crippen LogP contribution is -2.29. The van der Waals surface area contributed by atoms with Gasteiger partial charge < -0.3 is 14.7 Å². The standard InChI is InChI=1S/C27H26N2O4/c1-4-18-7-9-20(10-8-18)24-23(25(30)21-11-12-22(33-3)17(2)14-21)26(31)27(32)29(24)16-19-6-5-13-28-15-19/h5-15,24,30H,4,16H2,1-3H3/t24-/m0/s1. The van der Waals surface area contributed by atoms with Crippen LogP contribution in [0.5, 0.6) is 5.75 Å². The molecule has 1 saturated heterocycles. The predicted octanol–water partition coefficient (Wildman–Crippen LogP) is 4.58. The summed E-state index contributed by atoms with van der Waals surface area (Å²) in [6.07, 6.45) is 4.20. The van der Waals surface area contributed by atoms with Crippen LogP contribution in [0.2, 0.25) is 0 Å². The van der Waals surface area contributed by atoms with E-state index in [1.165, 1.54) is 4.90 Å². The van der Waals surface area contributed by atoms with Crippen LogP contribution >= 0.6 is 0 Å². The first-order valence-electron chi connectivity index (χ1n) is 10.9. The van der Waals surface area contributed by atoms with Crippen LogP contribution in [0.1, 0.15) is 40.8 Å². The number of aliphatic hydroxyl groups is 1. The lowest BCUT2D eigenvalue weighted by molar-refractivity contribution is -0.140. The molecule has 1 amide bonds. The van der Waals surface area contributed by atoms with Gasteiger partial charge in [-0.05, 0) is 59.9 Å². The predicted molar refractivity (Wildman–Crippen MR) is 126 cm³/mol. The zero-order valence-corrected chi connectivity index (χ0v) is 18.9. The number of hydrogen-bond donors (Lipinski definition) is 1. The third-order valence-corrected chi connectivity index (χ3v) is 5.99. The summed E-state index contributed by atoms with van der Waals surface area (Å²) >= 11 is 0. The van der Waals surface area contributed by atoms with Crippen LogP contribution < -0.4 is 4.74 Å². The van der Waals surface area contributed by atoms with E-state index in [0.717, 1.165) is 28.7 Å². The Labute approximate surface area is 193 Å². The summed E-state index contributed by atoms with van der Waals surface area (Å²) in [6.45, 7) is 4.13. The molecule has 1 aliphatic heterocycles. The van der Waals surface area contributed by atoms with Crippen molar-refractivity contribution >= 4 is 17.4 Å². The van der Waals surface area contributed by atoms with Gasteiger partial charge in [0.15, 0.2) is 0 Å². The number of pyridine rings is 1. The lowest BCUT2D eigenvalue weighted by Gasteiger charge is -2.25. The maximum absolute atomic E-state index is 13.2. The van der Waals surface area contributed by atoms with Gasteiger partial charge in [0.2, 0.25) is 0 Å². The fraction of sp³-hybridized carbons (Fsp3) is 0.222. The molecule has 33 heavy (non-hydrogen) atoms. The Kier molecular flexibility index (Phi) is 6.27. The molecule has 1 atom stereocenters. The van der Waals surface area contributed by atoms with Gasteiger partial charge in [-0.1, -0.05) is 37.3 Å². The summed E-state index contributed by atoms with van der Waals surface area (Å²) in [5.74, 6) is -0.864. The third-order valence-electron chi connectivity index (χ3n) is 5.99. The molecule has 3 aromatic rings. The molecule has 0 unspecified atom stereocenters. The molecule has 1 aromatic heterocycles. The summed E-state index contributed by atoms with van der Waals surface area (Å²) in [7, 11) is 1.58. The van der Waals surface area contributed by atoms with E-state index in [2.05, 4.69) is 11.9 Å². The van der Waals surface area contributed by atoms with Crippen molar-refractivity contribution in [3.8, 4) is 5.75 Å². The quantitative estimate of drug-likeness (QED) is 0.343. The van der Waals surface area contributed by atoms with E-state index < -0.39 is 17.7 Å². The molecule has 0 aliphatic carbocycles. The monoisotopic (exact) mass is 442 g/mol. The zero-order valence-electron chi connectivity index (χ0n) is 18.9. The van der Waals surface area contributed by atoms with Gasteiger partial charge in [0.05, 0.1) is 18.7 Å². The van der Waals surface area contributed by atoms with Gasteiger partial charge in [0, 0.05) is 24.5 Å². The molecule has 0 radical (unpaired) electrons. The van der Waals surface area contributed by atoms with E-state index in [-0.39, 0.29) is 17.9 Å². The Bertz CT molecular complexity index is 1220. The van der Waals surface area contributed by atoms with Crippen LogP contribution in [-0.4, -0.2) is 33.8 Å². The van der Waals surface area contributed by atoms with Gasteiger partial charge in [-0.25, -0.2) is 0 Å². The lowest BCUT2D eigenvalue weighted by atomic mass is 9.94. The number of nitrogens with zero attached hydrogens (tertiary/aromatic N) is 2. The molecule has 0 spiro atoms. The number of benzene rings is 2. The summed E-state index contributed by atoms with van der Waals surface area (Å²) in [5, 5.41) is 11.2. The number of methoxy groups -OCH3 is 1. The number of amides is 1. The van der Waals surface area contributed by atoms with Crippen molar-refractivity contribution in [3.05, 3.63) is 100 Å². The summed E-state index contributed by atoms with van der Waals surface area (Å²) in [6, 6.07) is 15.9. The van der Waals surface area contributed by atoms with E-state index in [1.54, 1.807) is 43.8 Å². The van der Waals surface area contributed by atoms with Gasteiger partial charge in [-0.15, -0.1) is 0 Å². The smallest absolute Gasteiger partial charge is 0.295 e. The number of carbonyl (C=O) groups excluding carboxylic acids is 2. The highest BCUT2D eigenvalue weighted by atomic mass is 16.5. The van der Waals surface area contributed by atoms with E-state index >= 15 is 0 Å². The molecule has 1 N–H and O–H groups in total. The fourth-order valence-corrected chi connectivity index (χ4v) is 4.19. The van der Waals surface area contributed by atoms with Crippen molar-refractivity contribution in [3.63, 3.8) is 0 Å². The molecule has 168 valence electrons. The molecular formula is C27H26N2O4. The molecule has 2 heterocycles. The van der Waals surface area contributed by atoms with E-state index in [9.17, 15) is 14.7 Å². The number of ether oxygens (including phenoxy) is 1. The van der Waals surface area contributed by atoms with Gasteiger partial charge in [0.25, 0.3) is 11.7 Å². The van der Waals surface area contributed by atoms with Gasteiger partial charge >= 0.3 is 0 Å². The second-order valence-corrected chi connectivity index (χ2v) is 8.07. The highest BCUT2D eigenvalue weighted by molar-refractivity contribution is 6.46. The average molecular weight is 443 g/mol. The minimum atomic E-state index is -0.710. The van der Waals surface area contributed by atoms with E-state index in [1.807, 2.05) is 37.3 Å². The fourth-order valence-electron chi connectivity index (χ4n) is 4.19. The highest BCUT2D eigenvalue weighted by Crippen LogP contribution is 2.40. The van der Waals surface area contributed by atoms with Crippen LogP contribution in [0.25, 0.3) is 5.76 Å². The van der Waals surface area contributed by atoms with Crippen molar-refractivity contribution in [1.82, 2.24) is 9.88 Å². The highest BCUT2D eigenvalue weighted by Gasteiger charge is 2.46. The van der Waals surface area contributed by atoms with Crippen LogP contribution in [0.3, 0.4) is 0 Å². The maximum atomic E-state index is 13.2. The first-order chi connectivity index (χ1) is 15.9. The Morgan fingerprint density at radius 2 is 1.85 bits per heavy atom. The molecule has 4 rings (SSSR count). The van der Waals surface area contributed by atoms with Gasteiger partial charge in [-0.3, -0.25) is 14.6 Å². The van der Waals surface area contributed by atoms with Crippen molar-refractivity contribution in [2.24, 2.45) is 0 Å². The van der Waals surface area contributed by atoms with Crippen LogP contribution in [-0.2, 0) is 22.6 Å². The van der Waals surface area contributed by atoms with Crippen molar-refractivity contribution in [2.75, 3.05) is 7.11 Å². The SMILES string of the molecule is CCc1ccc([C@H]2C(=C(O)c3ccc(OC)c(C)c3)C(=O)C(=O)N2Cc2cccnc2)cc1. The largest absolute Gasteiger partial charge is 0.507 e. The molecule has 1 aliphatic rings. The van der Waals surface area contributed by atoms with Crippen molar-refractivity contribution in [1.29, 1.82) is 0 Å². The van der Waals surface area contributed by atoms with Gasteiger partial charge in [0.1, 0.15) is 11.5 Å². The minimum Gasteiger partial charge on any atom is -0.507 e. The number of likely N-dealkylation sites (tertiary alicyclic amines) is 1. The van der Waals surface area contributed by atoms with E-state index in [0.29, 0.717) is 11.3 Å². The van der Waals surface area contributed by atoms with Crippen LogP contribution in [0, 0.1) is 6.92 Å². The van der Waals surface area contributed by atoms with Crippen molar-refractivity contribution < 1.29 is 19.4 Å². The molecule has 1 fully saturated rings. The number of Topliss-reactive ketones (excluding diaryl/α,β-unsaturated/α-hetero) is 1. The number of hydrogen-bond acceptors (Lipinski definition) is 5. The number of aliphatic hydroxyl groups excluding tert-OH is 1. The zero-order chi connectivity index (χ0) is 23.5. The number of rotatable bonds is 6. The topological polar surface area (TPSA) is 79.7 Å². The minimum absolute atomic E-state index is 0.0812. The Morgan fingerprint density at radius 1 is 1.09 bits per heavy atom. The van der Waals surface area contributed by atoms with Crippen LogP contribution in [0.15, 0.2) is 72.6 Å². The molecule has 2 aromatic carbocycles. The molecule has 0 bridgehead atoms. The number of ketones is 1. The first-order valence-corrected chi connectivity index (χ1v) is 10.9. The Balaban J connectivity index is 1.85. The van der Waals surface area contributed by atoms with Gasteiger partial charge in [-0.2, -0.15) is 0 Å². The average Bonchev–Trinajstić information content (AvgIpc) is 3.09. The summed E-state index contributed by atoms with van der Waals surface area (Å²) in [4.78, 5) is 31.9. The molecular weight excluding hydrogens is 416 g/mol. The summed E-state index contributed by atoms with van der Waals surface area (Å²) < 4.78 is 5.31. The molecule has 0 saturated carbocycles. The second-order valence-electron chi connectivity index (χ2n) is 8.07. The maximum Gasteiger partial charge on any atom is 0.295 e. The Morgan fingerprint density at radius 3 is 2.45 bits per heavy atom.